The predicted octanol–water partition coefficient (Wildman–Crippen LogP) is 4.59. The Morgan fingerprint density at radius 1 is 1.16 bits per heavy atom. The monoisotopic (exact) mass is 418 g/mol. The summed E-state index contributed by atoms with van der Waals surface area (Å²) in [4.78, 5) is 36.4. The number of non-ortho nitro benzene ring substituents is 1. The molecule has 0 atom stereocenters. The molecular weight excluding hydrogens is 408 g/mol. The molecule has 0 spiro atoms. The number of nitro groups is 1. The van der Waals surface area contributed by atoms with Crippen LogP contribution in [0.25, 0.3) is 6.08 Å². The topological polar surface area (TPSA) is 80.5 Å². The smallest absolute Gasteiger partial charge is 0.268 e. The van der Waals surface area contributed by atoms with Gasteiger partial charge in [0.2, 0.25) is 0 Å². The minimum atomic E-state index is -0.504. The second-order valence-corrected chi connectivity index (χ2v) is 7.06. The van der Waals surface area contributed by atoms with Gasteiger partial charge < -0.3 is 0 Å². The number of rotatable bonds is 4. The molecule has 0 aliphatic carbocycles. The quantitative estimate of drug-likeness (QED) is 0.411. The summed E-state index contributed by atoms with van der Waals surface area (Å²) in [7, 11) is 0. The standard InChI is InChI=1S/C17H11BrN2O4S/c18-14-7-2-1-5-12(14)10-19-16(21)15(25-17(19)22)9-11-4-3-6-13(8-11)20(23)24/h1-9H,10H2/b15-9+. The van der Waals surface area contributed by atoms with Crippen LogP contribution < -0.4 is 0 Å². The van der Waals surface area contributed by atoms with Gasteiger partial charge >= 0.3 is 0 Å². The van der Waals surface area contributed by atoms with E-state index in [2.05, 4.69) is 15.9 Å². The Morgan fingerprint density at radius 3 is 2.64 bits per heavy atom. The van der Waals surface area contributed by atoms with E-state index in [0.29, 0.717) is 5.56 Å². The van der Waals surface area contributed by atoms with Crippen LogP contribution in [-0.4, -0.2) is 21.0 Å². The van der Waals surface area contributed by atoms with Crippen LogP contribution in [0.2, 0.25) is 0 Å². The van der Waals surface area contributed by atoms with Crippen LogP contribution in [0.3, 0.4) is 0 Å². The molecule has 6 nitrogen and oxygen atoms in total. The zero-order chi connectivity index (χ0) is 18.0. The first-order valence-electron chi connectivity index (χ1n) is 7.19. The third-order valence-corrected chi connectivity index (χ3v) is 5.22. The number of hydrogen-bond acceptors (Lipinski definition) is 5. The molecular formula is C17H11BrN2O4S. The molecule has 1 aliphatic heterocycles. The highest BCUT2D eigenvalue weighted by atomic mass is 79.9. The van der Waals surface area contributed by atoms with Crippen LogP contribution in [0.4, 0.5) is 10.5 Å². The Balaban J connectivity index is 1.85. The zero-order valence-corrected chi connectivity index (χ0v) is 15.1. The van der Waals surface area contributed by atoms with E-state index in [1.165, 1.54) is 24.3 Å². The average molecular weight is 419 g/mol. The van der Waals surface area contributed by atoms with Gasteiger partial charge in [0.25, 0.3) is 16.8 Å². The number of carbonyl (C=O) groups is 2. The lowest BCUT2D eigenvalue weighted by molar-refractivity contribution is -0.384. The van der Waals surface area contributed by atoms with Crippen LogP contribution >= 0.6 is 27.7 Å². The van der Waals surface area contributed by atoms with Crippen LogP contribution in [-0.2, 0) is 11.3 Å². The molecule has 2 aromatic carbocycles. The molecule has 2 aromatic rings. The molecule has 126 valence electrons. The second-order valence-electron chi connectivity index (χ2n) is 5.21. The second kappa shape index (κ2) is 7.20. The first-order chi connectivity index (χ1) is 12.0. The average Bonchev–Trinajstić information content (AvgIpc) is 2.84. The van der Waals surface area contributed by atoms with Gasteiger partial charge in [-0.15, -0.1) is 0 Å². The number of imide groups is 1. The van der Waals surface area contributed by atoms with Crippen LogP contribution in [0.5, 0.6) is 0 Å². The number of hydrogen-bond donors (Lipinski definition) is 0. The third-order valence-electron chi connectivity index (χ3n) is 3.54. The summed E-state index contributed by atoms with van der Waals surface area (Å²) in [6, 6.07) is 13.3. The van der Waals surface area contributed by atoms with Crippen molar-refractivity contribution in [2.45, 2.75) is 6.54 Å². The predicted molar refractivity (Wildman–Crippen MR) is 98.8 cm³/mol. The van der Waals surface area contributed by atoms with E-state index in [1.54, 1.807) is 6.07 Å². The maximum atomic E-state index is 12.5. The van der Waals surface area contributed by atoms with E-state index >= 15 is 0 Å². The minimum Gasteiger partial charge on any atom is -0.268 e. The maximum Gasteiger partial charge on any atom is 0.293 e. The molecule has 1 fully saturated rings. The number of benzene rings is 2. The number of carbonyl (C=O) groups excluding carboxylic acids is 2. The SMILES string of the molecule is O=C1S/C(=C/c2cccc([N+](=O)[O-])c2)C(=O)N1Cc1ccccc1Br. The van der Waals surface area contributed by atoms with Crippen molar-refractivity contribution in [1.82, 2.24) is 4.90 Å². The molecule has 0 unspecified atom stereocenters. The number of amides is 2. The van der Waals surface area contributed by atoms with E-state index in [0.717, 1.165) is 26.7 Å². The van der Waals surface area contributed by atoms with Crippen LogP contribution in [0.15, 0.2) is 57.9 Å². The Morgan fingerprint density at radius 2 is 1.92 bits per heavy atom. The Labute approximate surface area is 155 Å². The zero-order valence-electron chi connectivity index (χ0n) is 12.7. The van der Waals surface area contributed by atoms with Crippen molar-refractivity contribution in [3.63, 3.8) is 0 Å². The summed E-state index contributed by atoms with van der Waals surface area (Å²) in [5.74, 6) is -0.405. The van der Waals surface area contributed by atoms with Crippen molar-refractivity contribution < 1.29 is 14.5 Å². The summed E-state index contributed by atoms with van der Waals surface area (Å²) >= 11 is 4.23. The highest BCUT2D eigenvalue weighted by Gasteiger charge is 2.35. The van der Waals surface area contributed by atoms with Gasteiger partial charge in [-0.3, -0.25) is 24.6 Å². The van der Waals surface area contributed by atoms with Crippen molar-refractivity contribution in [3.8, 4) is 0 Å². The summed E-state index contributed by atoms with van der Waals surface area (Å²) in [6.07, 6.45) is 1.50. The number of nitrogens with zero attached hydrogens (tertiary/aromatic N) is 2. The molecule has 8 heteroatoms. The molecule has 1 aliphatic rings. The van der Waals surface area contributed by atoms with Gasteiger partial charge in [0.05, 0.1) is 16.4 Å². The highest BCUT2D eigenvalue weighted by molar-refractivity contribution is 9.10. The lowest BCUT2D eigenvalue weighted by Crippen LogP contribution is -2.27. The van der Waals surface area contributed by atoms with Gasteiger partial charge in [-0.05, 0) is 35.0 Å². The van der Waals surface area contributed by atoms with E-state index in [9.17, 15) is 19.7 Å². The summed E-state index contributed by atoms with van der Waals surface area (Å²) in [5, 5.41) is 10.5. The van der Waals surface area contributed by atoms with Crippen molar-refractivity contribution in [2.24, 2.45) is 0 Å². The molecule has 1 saturated heterocycles. The molecule has 0 radical (unpaired) electrons. The molecule has 3 rings (SSSR count). The first-order valence-corrected chi connectivity index (χ1v) is 8.80. The third kappa shape index (κ3) is 3.80. The number of halogens is 1. The highest BCUT2D eigenvalue weighted by Crippen LogP contribution is 2.34. The molecule has 0 saturated carbocycles. The van der Waals surface area contributed by atoms with Gasteiger partial charge in [0.15, 0.2) is 0 Å². The molecule has 0 aromatic heterocycles. The van der Waals surface area contributed by atoms with E-state index in [-0.39, 0.29) is 22.4 Å². The van der Waals surface area contributed by atoms with E-state index in [1.807, 2.05) is 24.3 Å². The Kier molecular flexibility index (Phi) is 5.00. The van der Waals surface area contributed by atoms with Crippen molar-refractivity contribution in [3.05, 3.63) is 79.2 Å². The fourth-order valence-electron chi connectivity index (χ4n) is 2.31. The fourth-order valence-corrected chi connectivity index (χ4v) is 3.56. The van der Waals surface area contributed by atoms with E-state index in [4.69, 9.17) is 0 Å². The molecule has 0 bridgehead atoms. The van der Waals surface area contributed by atoms with Gasteiger partial charge in [0.1, 0.15) is 0 Å². The summed E-state index contributed by atoms with van der Waals surface area (Å²) in [5.41, 5.74) is 1.25. The van der Waals surface area contributed by atoms with Gasteiger partial charge in [-0.1, -0.05) is 46.3 Å². The molecule has 0 N–H and O–H groups in total. The fraction of sp³-hybridized carbons (Fsp3) is 0.0588. The summed E-state index contributed by atoms with van der Waals surface area (Å²) in [6.45, 7) is 0.165. The normalized spacial score (nSPS) is 15.9. The number of thioether (sulfide) groups is 1. The van der Waals surface area contributed by atoms with Crippen molar-refractivity contribution >= 4 is 50.6 Å². The minimum absolute atomic E-state index is 0.0683. The lowest BCUT2D eigenvalue weighted by Gasteiger charge is -2.13. The van der Waals surface area contributed by atoms with E-state index < -0.39 is 10.8 Å². The van der Waals surface area contributed by atoms with Crippen LogP contribution in [0.1, 0.15) is 11.1 Å². The lowest BCUT2D eigenvalue weighted by atomic mass is 10.2. The number of nitro benzene ring substituents is 1. The first kappa shape index (κ1) is 17.4. The van der Waals surface area contributed by atoms with Crippen molar-refractivity contribution in [2.75, 3.05) is 0 Å². The maximum absolute atomic E-state index is 12.5. The molecule has 1 heterocycles. The molecule has 2 amide bonds. The van der Waals surface area contributed by atoms with Crippen molar-refractivity contribution in [1.29, 1.82) is 0 Å². The Hall–Kier alpha value is -2.45. The van der Waals surface area contributed by atoms with Gasteiger partial charge in [-0.2, -0.15) is 0 Å². The Bertz CT molecular complexity index is 913. The molecule has 25 heavy (non-hydrogen) atoms. The summed E-state index contributed by atoms with van der Waals surface area (Å²) < 4.78 is 0.816. The van der Waals surface area contributed by atoms with Gasteiger partial charge in [-0.25, -0.2) is 0 Å². The van der Waals surface area contributed by atoms with Crippen LogP contribution in [0, 0.1) is 10.1 Å². The largest absolute Gasteiger partial charge is 0.293 e. The van der Waals surface area contributed by atoms with Gasteiger partial charge in [0, 0.05) is 16.6 Å².